The number of benzene rings is 1. The van der Waals surface area contributed by atoms with Crippen molar-refractivity contribution in [3.63, 3.8) is 0 Å². The van der Waals surface area contributed by atoms with Crippen LogP contribution in [0.3, 0.4) is 0 Å². The number of aryl methyl sites for hydroxylation is 1. The average Bonchev–Trinajstić information content (AvgIpc) is 2.76. The van der Waals surface area contributed by atoms with Gasteiger partial charge in [0.1, 0.15) is 0 Å². The Hall–Kier alpha value is -1.58. The van der Waals surface area contributed by atoms with Crippen molar-refractivity contribution in [3.05, 3.63) is 53.3 Å². The highest BCUT2D eigenvalue weighted by Crippen LogP contribution is 2.38. The molecule has 0 saturated carbocycles. The monoisotopic (exact) mass is 312 g/mol. The highest BCUT2D eigenvalue weighted by Gasteiger charge is 2.32. The summed E-state index contributed by atoms with van der Waals surface area (Å²) in [5.74, 6) is 0. The molecular formula is C20H28N2O. The van der Waals surface area contributed by atoms with Crippen molar-refractivity contribution in [2.75, 3.05) is 4.90 Å². The summed E-state index contributed by atoms with van der Waals surface area (Å²) in [5, 5.41) is 10.7. The van der Waals surface area contributed by atoms with Crippen molar-refractivity contribution in [1.29, 1.82) is 0 Å². The van der Waals surface area contributed by atoms with Crippen LogP contribution < -0.4 is 10.6 Å². The smallest absolute Gasteiger partial charge is 0.0895 e. The molecular weight excluding hydrogens is 284 g/mol. The molecule has 0 fully saturated rings. The van der Waals surface area contributed by atoms with Gasteiger partial charge in [-0.25, -0.2) is 0 Å². The molecule has 2 unspecified atom stereocenters. The molecule has 3 heteroatoms. The van der Waals surface area contributed by atoms with Crippen molar-refractivity contribution >= 4 is 5.69 Å². The number of nitrogens with two attached hydrogens (primary N) is 1. The first kappa shape index (κ1) is 16.3. The maximum atomic E-state index is 10.7. The summed E-state index contributed by atoms with van der Waals surface area (Å²) in [4.78, 5) is 2.33. The fraction of sp³-hybridized carbons (Fsp3) is 0.500. The van der Waals surface area contributed by atoms with Gasteiger partial charge in [-0.2, -0.15) is 0 Å². The van der Waals surface area contributed by atoms with Crippen molar-refractivity contribution in [2.45, 2.75) is 64.1 Å². The molecule has 3 nitrogen and oxygen atoms in total. The summed E-state index contributed by atoms with van der Waals surface area (Å²) < 4.78 is 0. The van der Waals surface area contributed by atoms with E-state index in [1.54, 1.807) is 0 Å². The number of hydrogen-bond donors (Lipinski definition) is 2. The zero-order valence-electron chi connectivity index (χ0n) is 14.2. The number of hydrogen-bond acceptors (Lipinski definition) is 3. The molecule has 1 aromatic carbocycles. The molecule has 0 aromatic heterocycles. The van der Waals surface area contributed by atoms with E-state index < -0.39 is 6.10 Å². The third-order valence-corrected chi connectivity index (χ3v) is 5.21. The number of anilines is 1. The normalized spacial score (nSPS) is 21.3. The van der Waals surface area contributed by atoms with Gasteiger partial charge in [-0.1, -0.05) is 37.3 Å². The highest BCUT2D eigenvalue weighted by molar-refractivity contribution is 5.65. The SMILES string of the molecule is CC[C@H](N)C(O)C(C)N1C2=CCCC=C2CCc2ccccc21. The van der Waals surface area contributed by atoms with E-state index in [0.29, 0.717) is 0 Å². The maximum Gasteiger partial charge on any atom is 0.0895 e. The zero-order valence-corrected chi connectivity index (χ0v) is 14.2. The van der Waals surface area contributed by atoms with Crippen LogP contribution >= 0.6 is 0 Å². The Kier molecular flexibility index (Phi) is 4.88. The first-order chi connectivity index (χ1) is 11.1. The average molecular weight is 312 g/mol. The lowest BCUT2D eigenvalue weighted by Crippen LogP contribution is -2.50. The van der Waals surface area contributed by atoms with Gasteiger partial charge in [0, 0.05) is 17.4 Å². The number of para-hydroxylation sites is 1. The Balaban J connectivity index is 2.05. The van der Waals surface area contributed by atoms with E-state index in [1.807, 2.05) is 6.92 Å². The molecule has 3 N–H and O–H groups in total. The zero-order chi connectivity index (χ0) is 16.4. The first-order valence-electron chi connectivity index (χ1n) is 8.83. The molecule has 124 valence electrons. The molecule has 1 aromatic rings. The largest absolute Gasteiger partial charge is 0.389 e. The minimum Gasteiger partial charge on any atom is -0.389 e. The Morgan fingerprint density at radius 2 is 1.91 bits per heavy atom. The van der Waals surface area contributed by atoms with Crippen LogP contribution in [0.25, 0.3) is 0 Å². The fourth-order valence-electron chi connectivity index (χ4n) is 3.74. The number of aliphatic hydroxyl groups excluding tert-OH is 1. The molecule has 1 aliphatic carbocycles. The predicted molar refractivity (Wildman–Crippen MR) is 96.4 cm³/mol. The Labute approximate surface area is 139 Å². The van der Waals surface area contributed by atoms with E-state index in [2.05, 4.69) is 48.2 Å². The van der Waals surface area contributed by atoms with E-state index in [9.17, 15) is 5.11 Å². The molecule has 0 spiro atoms. The molecule has 1 aliphatic heterocycles. The lowest BCUT2D eigenvalue weighted by atomic mass is 9.96. The molecule has 0 saturated heterocycles. The maximum absolute atomic E-state index is 10.7. The van der Waals surface area contributed by atoms with Gasteiger partial charge in [0.15, 0.2) is 0 Å². The van der Waals surface area contributed by atoms with Crippen LogP contribution in [0, 0.1) is 0 Å². The molecule has 3 rings (SSSR count). The number of nitrogens with zero attached hydrogens (tertiary/aromatic N) is 1. The molecule has 23 heavy (non-hydrogen) atoms. The minimum absolute atomic E-state index is 0.0445. The van der Waals surface area contributed by atoms with E-state index in [0.717, 1.165) is 32.1 Å². The van der Waals surface area contributed by atoms with Crippen LogP contribution in [0.4, 0.5) is 5.69 Å². The van der Waals surface area contributed by atoms with Gasteiger partial charge in [0.2, 0.25) is 0 Å². The first-order valence-corrected chi connectivity index (χ1v) is 8.83. The predicted octanol–water partition coefficient (Wildman–Crippen LogP) is 3.53. The van der Waals surface area contributed by atoms with Gasteiger partial charge >= 0.3 is 0 Å². The molecule has 3 atom stereocenters. The van der Waals surface area contributed by atoms with Crippen molar-refractivity contribution in [2.24, 2.45) is 5.73 Å². The van der Waals surface area contributed by atoms with E-state index in [1.165, 1.54) is 22.5 Å². The number of rotatable bonds is 4. The summed E-state index contributed by atoms with van der Waals surface area (Å²) in [7, 11) is 0. The van der Waals surface area contributed by atoms with Crippen LogP contribution in [0.1, 0.15) is 45.1 Å². The second-order valence-electron chi connectivity index (χ2n) is 6.70. The Morgan fingerprint density at radius 1 is 1.17 bits per heavy atom. The number of fused-ring (bicyclic) bond motifs is 2. The summed E-state index contributed by atoms with van der Waals surface area (Å²) in [6, 6.07) is 8.33. The third kappa shape index (κ3) is 3.08. The quantitative estimate of drug-likeness (QED) is 0.894. The second kappa shape index (κ2) is 6.90. The van der Waals surface area contributed by atoms with Gasteiger partial charge < -0.3 is 15.7 Å². The summed E-state index contributed by atoms with van der Waals surface area (Å²) in [5.41, 5.74) is 11.4. The van der Waals surface area contributed by atoms with Crippen LogP contribution in [0.15, 0.2) is 47.7 Å². The minimum atomic E-state index is -0.546. The van der Waals surface area contributed by atoms with Gasteiger partial charge in [0.05, 0.1) is 12.1 Å². The standard InChI is InChI=1S/C20H28N2O/c1-3-17(21)20(23)14(2)22-18-10-6-4-8-15(18)12-13-16-9-5-7-11-19(16)22/h4,6,8-11,14,17,20,23H,3,5,7,12-13,21H2,1-2H3/t14?,17-,20?/m0/s1. The van der Waals surface area contributed by atoms with Crippen LogP contribution in [0.2, 0.25) is 0 Å². The van der Waals surface area contributed by atoms with Crippen LogP contribution in [-0.4, -0.2) is 23.3 Å². The van der Waals surface area contributed by atoms with E-state index in [-0.39, 0.29) is 12.1 Å². The van der Waals surface area contributed by atoms with Crippen molar-refractivity contribution in [1.82, 2.24) is 0 Å². The summed E-state index contributed by atoms with van der Waals surface area (Å²) in [6.07, 6.45) is 9.25. The summed E-state index contributed by atoms with van der Waals surface area (Å²) in [6.45, 7) is 4.12. The van der Waals surface area contributed by atoms with Gasteiger partial charge in [-0.05, 0) is 56.2 Å². The van der Waals surface area contributed by atoms with Crippen LogP contribution in [0.5, 0.6) is 0 Å². The number of aliphatic hydroxyl groups is 1. The lowest BCUT2D eigenvalue weighted by molar-refractivity contribution is 0.119. The Bertz CT molecular complexity index is 620. The number of allylic oxidation sites excluding steroid dienone is 3. The molecule has 0 radical (unpaired) electrons. The Morgan fingerprint density at radius 3 is 2.70 bits per heavy atom. The molecule has 2 aliphatic rings. The molecule has 0 amide bonds. The fourth-order valence-corrected chi connectivity index (χ4v) is 3.74. The topological polar surface area (TPSA) is 49.5 Å². The van der Waals surface area contributed by atoms with Gasteiger partial charge in [-0.15, -0.1) is 0 Å². The van der Waals surface area contributed by atoms with Crippen molar-refractivity contribution in [3.8, 4) is 0 Å². The molecule has 1 heterocycles. The highest BCUT2D eigenvalue weighted by atomic mass is 16.3. The van der Waals surface area contributed by atoms with E-state index in [4.69, 9.17) is 5.73 Å². The van der Waals surface area contributed by atoms with Gasteiger partial charge in [0.25, 0.3) is 0 Å². The second-order valence-corrected chi connectivity index (χ2v) is 6.70. The lowest BCUT2D eigenvalue weighted by Gasteiger charge is -2.39. The van der Waals surface area contributed by atoms with Gasteiger partial charge in [-0.3, -0.25) is 0 Å². The summed E-state index contributed by atoms with van der Waals surface area (Å²) >= 11 is 0. The third-order valence-electron chi connectivity index (χ3n) is 5.21. The van der Waals surface area contributed by atoms with E-state index >= 15 is 0 Å². The molecule has 0 bridgehead atoms. The van der Waals surface area contributed by atoms with Crippen molar-refractivity contribution < 1.29 is 5.11 Å². The van der Waals surface area contributed by atoms with Crippen LogP contribution in [-0.2, 0) is 6.42 Å².